The highest BCUT2D eigenvalue weighted by Gasteiger charge is 2.41. The van der Waals surface area contributed by atoms with Gasteiger partial charge in [0.15, 0.2) is 0 Å². The van der Waals surface area contributed by atoms with Crippen LogP contribution >= 0.6 is 0 Å². The zero-order chi connectivity index (χ0) is 11.4. The lowest BCUT2D eigenvalue weighted by Crippen LogP contribution is -2.17. The molecule has 0 aromatic carbocycles. The maximum atomic E-state index is 8.96. The van der Waals surface area contributed by atoms with Crippen molar-refractivity contribution in [2.75, 3.05) is 30.8 Å². The molecule has 0 bridgehead atoms. The first-order valence-electron chi connectivity index (χ1n) is 5.62. The van der Waals surface area contributed by atoms with Crippen LogP contribution in [-0.4, -0.2) is 35.3 Å². The summed E-state index contributed by atoms with van der Waals surface area (Å²) in [7, 11) is 1.83. The molecule has 1 saturated carbocycles. The van der Waals surface area contributed by atoms with Gasteiger partial charge in [-0.1, -0.05) is 0 Å². The van der Waals surface area contributed by atoms with Gasteiger partial charge < -0.3 is 15.7 Å². The number of nitrogens with zero attached hydrogens (tertiary/aromatic N) is 2. The van der Waals surface area contributed by atoms with Gasteiger partial charge in [0, 0.05) is 26.3 Å². The molecule has 1 heterocycles. The fraction of sp³-hybridized carbons (Fsp3) is 0.636. The molecule has 5 heteroatoms. The van der Waals surface area contributed by atoms with Crippen molar-refractivity contribution < 1.29 is 5.11 Å². The zero-order valence-electron chi connectivity index (χ0n) is 9.53. The van der Waals surface area contributed by atoms with Crippen LogP contribution in [0, 0.1) is 5.41 Å². The molecule has 0 amide bonds. The molecular weight excluding hydrogens is 204 g/mol. The minimum absolute atomic E-state index is 0.271. The van der Waals surface area contributed by atoms with Gasteiger partial charge in [0.1, 0.15) is 18.0 Å². The second-order valence-corrected chi connectivity index (χ2v) is 4.37. The maximum Gasteiger partial charge on any atom is 0.131 e. The summed E-state index contributed by atoms with van der Waals surface area (Å²) in [6.07, 6.45) is 4.82. The molecule has 1 aliphatic carbocycles. The Balaban J connectivity index is 1.89. The van der Waals surface area contributed by atoms with E-state index in [1.807, 2.05) is 13.1 Å². The number of hydrogen-bond donors (Lipinski definition) is 3. The third kappa shape index (κ3) is 2.61. The smallest absolute Gasteiger partial charge is 0.131 e. The van der Waals surface area contributed by atoms with Crippen molar-refractivity contribution in [3.63, 3.8) is 0 Å². The molecule has 2 rings (SSSR count). The fourth-order valence-electron chi connectivity index (χ4n) is 1.80. The fourth-order valence-corrected chi connectivity index (χ4v) is 1.80. The van der Waals surface area contributed by atoms with Gasteiger partial charge in [-0.05, 0) is 24.7 Å². The van der Waals surface area contributed by atoms with Gasteiger partial charge in [-0.25, -0.2) is 9.97 Å². The minimum atomic E-state index is 0.271. The molecule has 0 aliphatic heterocycles. The van der Waals surface area contributed by atoms with E-state index in [1.165, 1.54) is 12.8 Å². The van der Waals surface area contributed by atoms with Crippen molar-refractivity contribution in [2.45, 2.75) is 19.3 Å². The highest BCUT2D eigenvalue weighted by molar-refractivity contribution is 5.46. The predicted molar refractivity (Wildman–Crippen MR) is 63.4 cm³/mol. The van der Waals surface area contributed by atoms with Gasteiger partial charge in [-0.2, -0.15) is 0 Å². The van der Waals surface area contributed by atoms with Crippen LogP contribution in [0.25, 0.3) is 0 Å². The Morgan fingerprint density at radius 2 is 2.12 bits per heavy atom. The number of aliphatic hydroxyl groups excluding tert-OH is 1. The number of rotatable bonds is 6. The third-order valence-electron chi connectivity index (χ3n) is 3.17. The van der Waals surface area contributed by atoms with Crippen molar-refractivity contribution in [3.8, 4) is 0 Å². The van der Waals surface area contributed by atoms with Gasteiger partial charge >= 0.3 is 0 Å². The molecule has 3 N–H and O–H groups in total. The lowest BCUT2D eigenvalue weighted by Gasteiger charge is -2.15. The van der Waals surface area contributed by atoms with Crippen LogP contribution < -0.4 is 10.6 Å². The number of nitrogens with one attached hydrogen (secondary N) is 2. The summed E-state index contributed by atoms with van der Waals surface area (Å²) in [5.74, 6) is 1.65. The van der Waals surface area contributed by atoms with E-state index in [-0.39, 0.29) is 6.61 Å². The van der Waals surface area contributed by atoms with Crippen LogP contribution in [0.15, 0.2) is 12.4 Å². The van der Waals surface area contributed by atoms with Crippen LogP contribution in [0.3, 0.4) is 0 Å². The van der Waals surface area contributed by atoms with E-state index >= 15 is 0 Å². The van der Waals surface area contributed by atoms with Crippen LogP contribution in [0.5, 0.6) is 0 Å². The van der Waals surface area contributed by atoms with Crippen molar-refractivity contribution >= 4 is 11.6 Å². The SMILES string of the molecule is CNc1cc(NCC2(CCO)CC2)ncn1. The first-order chi connectivity index (χ1) is 7.78. The number of aromatic nitrogens is 2. The van der Waals surface area contributed by atoms with Crippen molar-refractivity contribution in [1.29, 1.82) is 0 Å². The molecule has 5 nitrogen and oxygen atoms in total. The second kappa shape index (κ2) is 4.65. The average molecular weight is 222 g/mol. The van der Waals surface area contributed by atoms with Gasteiger partial charge in [-0.15, -0.1) is 0 Å². The van der Waals surface area contributed by atoms with Crippen LogP contribution in [-0.2, 0) is 0 Å². The molecule has 16 heavy (non-hydrogen) atoms. The summed E-state index contributed by atoms with van der Waals surface area (Å²) in [5.41, 5.74) is 0.305. The topological polar surface area (TPSA) is 70.1 Å². The Morgan fingerprint density at radius 3 is 2.75 bits per heavy atom. The second-order valence-electron chi connectivity index (χ2n) is 4.37. The Hall–Kier alpha value is -1.36. The summed E-state index contributed by atoms with van der Waals surface area (Å²) in [6.45, 7) is 1.15. The first-order valence-corrected chi connectivity index (χ1v) is 5.62. The Kier molecular flexibility index (Phi) is 3.24. The number of aliphatic hydroxyl groups is 1. The van der Waals surface area contributed by atoms with Gasteiger partial charge in [0.25, 0.3) is 0 Å². The standard InChI is InChI=1S/C11H18N4O/c1-12-9-6-10(15-8-14-9)13-7-11(2-3-11)4-5-16/h6,8,16H,2-5,7H2,1H3,(H2,12,13,14,15). The van der Waals surface area contributed by atoms with E-state index in [0.717, 1.165) is 24.6 Å². The average Bonchev–Trinajstić information content (AvgIpc) is 3.08. The van der Waals surface area contributed by atoms with Crippen molar-refractivity contribution in [1.82, 2.24) is 9.97 Å². The van der Waals surface area contributed by atoms with E-state index in [0.29, 0.717) is 5.41 Å². The monoisotopic (exact) mass is 222 g/mol. The van der Waals surface area contributed by atoms with Gasteiger partial charge in [-0.3, -0.25) is 0 Å². The number of hydrogen-bond acceptors (Lipinski definition) is 5. The third-order valence-corrected chi connectivity index (χ3v) is 3.17. The molecule has 0 unspecified atom stereocenters. The molecule has 1 aromatic rings. The summed E-state index contributed by atoms with van der Waals surface area (Å²) in [4.78, 5) is 8.21. The maximum absolute atomic E-state index is 8.96. The highest BCUT2D eigenvalue weighted by Crippen LogP contribution is 2.48. The lowest BCUT2D eigenvalue weighted by atomic mass is 10.0. The van der Waals surface area contributed by atoms with Gasteiger partial charge in [0.05, 0.1) is 0 Å². The van der Waals surface area contributed by atoms with Crippen LogP contribution in [0.1, 0.15) is 19.3 Å². The normalized spacial score (nSPS) is 16.9. The minimum Gasteiger partial charge on any atom is -0.396 e. The van der Waals surface area contributed by atoms with Crippen molar-refractivity contribution in [2.24, 2.45) is 5.41 Å². The Bertz CT molecular complexity index is 352. The summed E-state index contributed by atoms with van der Waals surface area (Å²) in [5, 5.41) is 15.2. The first kappa shape index (κ1) is 11.1. The molecule has 88 valence electrons. The molecule has 0 radical (unpaired) electrons. The summed E-state index contributed by atoms with van der Waals surface area (Å²) < 4.78 is 0. The summed E-state index contributed by atoms with van der Waals surface area (Å²) >= 11 is 0. The number of anilines is 2. The lowest BCUT2D eigenvalue weighted by molar-refractivity contribution is 0.253. The Morgan fingerprint density at radius 1 is 1.38 bits per heavy atom. The molecule has 1 fully saturated rings. The molecule has 1 aromatic heterocycles. The van der Waals surface area contributed by atoms with E-state index < -0.39 is 0 Å². The quantitative estimate of drug-likeness (QED) is 0.672. The van der Waals surface area contributed by atoms with Gasteiger partial charge in [0.2, 0.25) is 0 Å². The summed E-state index contributed by atoms with van der Waals surface area (Å²) in [6, 6.07) is 1.88. The van der Waals surface area contributed by atoms with Crippen LogP contribution in [0.4, 0.5) is 11.6 Å². The van der Waals surface area contributed by atoms with E-state index in [2.05, 4.69) is 20.6 Å². The molecule has 0 atom stereocenters. The molecule has 0 spiro atoms. The highest BCUT2D eigenvalue weighted by atomic mass is 16.3. The molecule has 0 saturated heterocycles. The van der Waals surface area contributed by atoms with E-state index in [4.69, 9.17) is 5.11 Å². The van der Waals surface area contributed by atoms with E-state index in [9.17, 15) is 0 Å². The van der Waals surface area contributed by atoms with Crippen molar-refractivity contribution in [3.05, 3.63) is 12.4 Å². The predicted octanol–water partition coefficient (Wildman–Crippen LogP) is 1.09. The Labute approximate surface area is 95.3 Å². The molecule has 1 aliphatic rings. The van der Waals surface area contributed by atoms with Crippen LogP contribution in [0.2, 0.25) is 0 Å². The largest absolute Gasteiger partial charge is 0.396 e. The molecular formula is C11H18N4O. The van der Waals surface area contributed by atoms with E-state index in [1.54, 1.807) is 6.33 Å². The zero-order valence-corrected chi connectivity index (χ0v) is 9.53.